The zero-order valence-corrected chi connectivity index (χ0v) is 13.7. The molecule has 7 heteroatoms. The van der Waals surface area contributed by atoms with Gasteiger partial charge in [0.2, 0.25) is 0 Å². The molecule has 0 saturated heterocycles. The third kappa shape index (κ3) is 3.33. The number of nitrogen functional groups attached to an aromatic ring is 1. The second kappa shape index (κ2) is 6.41. The van der Waals surface area contributed by atoms with Crippen molar-refractivity contribution in [2.75, 3.05) is 25.3 Å². The Morgan fingerprint density at radius 1 is 1.14 bits per heavy atom. The Balaban J connectivity index is 2.45. The van der Waals surface area contributed by atoms with Crippen molar-refractivity contribution in [3.63, 3.8) is 0 Å². The number of rotatable bonds is 4. The first kappa shape index (κ1) is 15.7. The van der Waals surface area contributed by atoms with Gasteiger partial charge in [-0.3, -0.25) is 0 Å². The molecule has 2 rings (SSSR count). The number of ether oxygens (including phenoxy) is 2. The Morgan fingerprint density at radius 2 is 1.76 bits per heavy atom. The fourth-order valence-electron chi connectivity index (χ4n) is 1.80. The molecule has 4 nitrogen and oxygen atoms in total. The summed E-state index contributed by atoms with van der Waals surface area (Å²) in [4.78, 5) is 0. The number of nitrogens with two attached hydrogens (primary N) is 1. The molecule has 0 aliphatic rings. The van der Waals surface area contributed by atoms with Crippen LogP contribution in [-0.2, 0) is 0 Å². The van der Waals surface area contributed by atoms with Gasteiger partial charge in [-0.1, -0.05) is 11.6 Å². The molecule has 21 heavy (non-hydrogen) atoms. The first-order valence-corrected chi connectivity index (χ1v) is 7.06. The number of halogens is 3. The summed E-state index contributed by atoms with van der Waals surface area (Å²) >= 11 is 9.30. The molecule has 0 atom stereocenters. The first-order chi connectivity index (χ1) is 9.96. The molecule has 0 spiro atoms. The van der Waals surface area contributed by atoms with Crippen LogP contribution in [-0.4, -0.2) is 14.2 Å². The minimum absolute atomic E-state index is 0.232. The summed E-state index contributed by atoms with van der Waals surface area (Å²) in [7, 11) is 3.05. The van der Waals surface area contributed by atoms with Crippen LogP contribution in [0.1, 0.15) is 0 Å². The number of nitrogens with one attached hydrogen (secondary N) is 1. The second-order valence-electron chi connectivity index (χ2n) is 4.16. The van der Waals surface area contributed by atoms with Crippen LogP contribution < -0.4 is 20.5 Å². The largest absolute Gasteiger partial charge is 0.493 e. The van der Waals surface area contributed by atoms with Gasteiger partial charge in [-0.15, -0.1) is 0 Å². The van der Waals surface area contributed by atoms with Gasteiger partial charge < -0.3 is 20.5 Å². The van der Waals surface area contributed by atoms with Crippen molar-refractivity contribution in [2.24, 2.45) is 0 Å². The third-order valence-corrected chi connectivity index (χ3v) is 3.75. The fourth-order valence-corrected chi connectivity index (χ4v) is 2.70. The number of methoxy groups -OCH3 is 2. The molecule has 0 unspecified atom stereocenters. The van der Waals surface area contributed by atoms with Crippen molar-refractivity contribution in [3.8, 4) is 11.5 Å². The van der Waals surface area contributed by atoms with Gasteiger partial charge in [-0.2, -0.15) is 0 Å². The Morgan fingerprint density at radius 3 is 2.33 bits per heavy atom. The molecule has 0 saturated carbocycles. The van der Waals surface area contributed by atoms with E-state index in [0.717, 1.165) is 0 Å². The van der Waals surface area contributed by atoms with Crippen LogP contribution >= 0.6 is 27.5 Å². The number of hydrogen-bond donors (Lipinski definition) is 2. The topological polar surface area (TPSA) is 56.5 Å². The van der Waals surface area contributed by atoms with Crippen LogP contribution in [0.2, 0.25) is 5.02 Å². The van der Waals surface area contributed by atoms with Crippen LogP contribution in [0, 0.1) is 5.82 Å². The number of anilines is 3. The molecular formula is C14H13BrClFN2O2. The fraction of sp³-hybridized carbons (Fsp3) is 0.143. The molecule has 3 N–H and O–H groups in total. The molecule has 0 aliphatic heterocycles. The highest BCUT2D eigenvalue weighted by molar-refractivity contribution is 9.10. The SMILES string of the molecule is COc1cc(N)c(Nc2c(Cl)cc(F)cc2Br)cc1OC. The van der Waals surface area contributed by atoms with Crippen molar-refractivity contribution in [1.82, 2.24) is 0 Å². The molecular weight excluding hydrogens is 363 g/mol. The van der Waals surface area contributed by atoms with Crippen LogP contribution in [0.4, 0.5) is 21.5 Å². The lowest BCUT2D eigenvalue weighted by Crippen LogP contribution is -2.00. The standard InChI is InChI=1S/C14H13BrClFN2O2/c1-20-12-5-10(18)11(6-13(12)21-2)19-14-8(15)3-7(17)4-9(14)16/h3-6,19H,18H2,1-2H3. The lowest BCUT2D eigenvalue weighted by molar-refractivity contribution is 0.355. The highest BCUT2D eigenvalue weighted by Crippen LogP contribution is 2.39. The lowest BCUT2D eigenvalue weighted by atomic mass is 10.2. The predicted octanol–water partition coefficient (Wildman–Crippen LogP) is 4.58. The van der Waals surface area contributed by atoms with Crippen molar-refractivity contribution >= 4 is 44.6 Å². The average molecular weight is 376 g/mol. The van der Waals surface area contributed by atoms with Crippen LogP contribution in [0.3, 0.4) is 0 Å². The second-order valence-corrected chi connectivity index (χ2v) is 5.43. The summed E-state index contributed by atoms with van der Waals surface area (Å²) < 4.78 is 24.1. The molecule has 0 aromatic heterocycles. The highest BCUT2D eigenvalue weighted by Gasteiger charge is 2.13. The van der Waals surface area contributed by atoms with Crippen molar-refractivity contribution in [1.29, 1.82) is 0 Å². The molecule has 2 aromatic rings. The smallest absolute Gasteiger partial charge is 0.162 e. The van der Waals surface area contributed by atoms with E-state index in [4.69, 9.17) is 26.8 Å². The van der Waals surface area contributed by atoms with E-state index in [9.17, 15) is 4.39 Å². The lowest BCUT2D eigenvalue weighted by Gasteiger charge is -2.16. The summed E-state index contributed by atoms with van der Waals surface area (Å²) in [6.45, 7) is 0. The van der Waals surface area contributed by atoms with E-state index in [1.54, 1.807) is 12.1 Å². The molecule has 0 radical (unpaired) electrons. The first-order valence-electron chi connectivity index (χ1n) is 5.89. The predicted molar refractivity (Wildman–Crippen MR) is 86.4 cm³/mol. The molecule has 0 bridgehead atoms. The Labute approximate surface area is 135 Å². The molecule has 2 aromatic carbocycles. The zero-order valence-electron chi connectivity index (χ0n) is 11.3. The van der Waals surface area contributed by atoms with Crippen LogP contribution in [0.15, 0.2) is 28.7 Å². The minimum atomic E-state index is -0.433. The number of hydrogen-bond acceptors (Lipinski definition) is 4. The zero-order chi connectivity index (χ0) is 15.6. The minimum Gasteiger partial charge on any atom is -0.493 e. The van der Waals surface area contributed by atoms with E-state index in [-0.39, 0.29) is 5.02 Å². The van der Waals surface area contributed by atoms with Crippen molar-refractivity contribution in [3.05, 3.63) is 39.6 Å². The van der Waals surface area contributed by atoms with E-state index in [2.05, 4.69) is 21.2 Å². The van der Waals surface area contributed by atoms with Gasteiger partial charge in [0.25, 0.3) is 0 Å². The summed E-state index contributed by atoms with van der Waals surface area (Å²) in [5.41, 5.74) is 7.49. The van der Waals surface area contributed by atoms with Crippen molar-refractivity contribution < 1.29 is 13.9 Å². The molecule has 0 fully saturated rings. The average Bonchev–Trinajstić information content (AvgIpc) is 2.43. The van der Waals surface area contributed by atoms with E-state index >= 15 is 0 Å². The van der Waals surface area contributed by atoms with Gasteiger partial charge in [0.1, 0.15) is 5.82 Å². The Hall–Kier alpha value is -1.66. The molecule has 112 valence electrons. The van der Waals surface area contributed by atoms with Gasteiger partial charge in [0, 0.05) is 16.6 Å². The van der Waals surface area contributed by atoms with Crippen LogP contribution in [0.25, 0.3) is 0 Å². The maximum atomic E-state index is 13.2. The summed E-state index contributed by atoms with van der Waals surface area (Å²) in [5, 5.41) is 3.29. The Bertz CT molecular complexity index is 659. The monoisotopic (exact) mass is 374 g/mol. The maximum absolute atomic E-state index is 13.2. The van der Waals surface area contributed by atoms with E-state index in [0.29, 0.717) is 33.0 Å². The Kier molecular flexibility index (Phi) is 4.80. The van der Waals surface area contributed by atoms with Gasteiger partial charge in [0.15, 0.2) is 11.5 Å². The normalized spacial score (nSPS) is 10.3. The van der Waals surface area contributed by atoms with Crippen LogP contribution in [0.5, 0.6) is 11.5 Å². The highest BCUT2D eigenvalue weighted by atomic mass is 79.9. The molecule has 0 heterocycles. The summed E-state index contributed by atoms with van der Waals surface area (Å²) in [6.07, 6.45) is 0. The van der Waals surface area contributed by atoms with E-state index in [1.807, 2.05) is 0 Å². The van der Waals surface area contributed by atoms with Gasteiger partial charge in [-0.05, 0) is 28.1 Å². The third-order valence-electron chi connectivity index (χ3n) is 2.82. The van der Waals surface area contributed by atoms with E-state index in [1.165, 1.54) is 26.4 Å². The summed E-state index contributed by atoms with van der Waals surface area (Å²) in [5.74, 6) is 0.603. The summed E-state index contributed by atoms with van der Waals surface area (Å²) in [6, 6.07) is 5.84. The van der Waals surface area contributed by atoms with Gasteiger partial charge in [-0.25, -0.2) is 4.39 Å². The maximum Gasteiger partial charge on any atom is 0.162 e. The molecule has 0 amide bonds. The van der Waals surface area contributed by atoms with Crippen molar-refractivity contribution in [2.45, 2.75) is 0 Å². The number of benzene rings is 2. The quantitative estimate of drug-likeness (QED) is 0.768. The van der Waals surface area contributed by atoms with Gasteiger partial charge in [0.05, 0.1) is 36.3 Å². The van der Waals surface area contributed by atoms with Gasteiger partial charge >= 0.3 is 0 Å². The van der Waals surface area contributed by atoms with E-state index < -0.39 is 5.82 Å². The molecule has 0 aliphatic carbocycles.